The summed E-state index contributed by atoms with van der Waals surface area (Å²) in [5, 5.41) is 0. The molecule has 0 unspecified atom stereocenters. The molecule has 0 aliphatic heterocycles. The van der Waals surface area contributed by atoms with Gasteiger partial charge in [0.25, 0.3) is 0 Å². The van der Waals surface area contributed by atoms with Crippen LogP contribution in [-0.4, -0.2) is 120 Å². The lowest BCUT2D eigenvalue weighted by atomic mass is 10.00. The topological polar surface area (TPSA) is 111 Å². The predicted octanol–water partition coefficient (Wildman–Crippen LogP) is 7.07. The second-order valence-corrected chi connectivity index (χ2v) is 13.3. The number of rotatable bonds is 30. The number of hydrogen-bond donors (Lipinski definition) is 0. The van der Waals surface area contributed by atoms with Crippen LogP contribution < -0.4 is 18.9 Å². The minimum atomic E-state index is -0.0657. The molecule has 2 aromatic carbocycles. The Kier molecular flexibility index (Phi) is 21.7. The minimum absolute atomic E-state index is 0.0657. The highest BCUT2D eigenvalue weighted by Gasteiger charge is 2.29. The van der Waals surface area contributed by atoms with E-state index >= 15 is 0 Å². The fourth-order valence-corrected chi connectivity index (χ4v) is 6.66. The zero-order chi connectivity index (χ0) is 38.3. The molecule has 298 valence electrons. The van der Waals surface area contributed by atoms with Crippen LogP contribution in [0.25, 0.3) is 20.9 Å². The average molecular weight is 765 g/mol. The first-order valence-electron chi connectivity index (χ1n) is 18.1. The molecule has 0 fully saturated rings. The van der Waals surface area contributed by atoms with Gasteiger partial charge < -0.3 is 56.8 Å². The molecule has 3 rings (SSSR count). The van der Waals surface area contributed by atoms with E-state index in [0.29, 0.717) is 102 Å². The molecule has 3 aromatic rings. The molecule has 0 N–H and O–H groups in total. The molecule has 0 spiro atoms. The van der Waals surface area contributed by atoms with Crippen LogP contribution in [0.2, 0.25) is 0 Å². The molecule has 0 radical (unpaired) electrons. The molecule has 1 heterocycles. The molecule has 53 heavy (non-hydrogen) atoms. The van der Waals surface area contributed by atoms with Crippen molar-refractivity contribution in [3.8, 4) is 43.9 Å². The molecule has 13 heteroatoms. The first-order valence-corrected chi connectivity index (χ1v) is 18.9. The first kappa shape index (κ1) is 44.4. The van der Waals surface area contributed by atoms with E-state index in [4.69, 9.17) is 56.8 Å². The quantitative estimate of drug-likeness (QED) is 0.0648. The van der Waals surface area contributed by atoms with Crippen LogP contribution in [0, 0.1) is 0 Å². The fourth-order valence-electron chi connectivity index (χ4n) is 5.24. The van der Waals surface area contributed by atoms with Crippen molar-refractivity contribution in [2.45, 2.75) is 53.1 Å². The maximum Gasteiger partial charge on any atom is 0.132 e. The average Bonchev–Trinajstić information content (AvgIpc) is 3.49. The lowest BCUT2D eigenvalue weighted by Crippen LogP contribution is -2.12. The van der Waals surface area contributed by atoms with Crippen LogP contribution in [0.1, 0.15) is 38.8 Å². The van der Waals surface area contributed by atoms with Gasteiger partial charge in [-0.25, -0.2) is 0 Å². The Bertz CT molecular complexity index is 1320. The lowest BCUT2D eigenvalue weighted by Gasteiger charge is -2.18. The van der Waals surface area contributed by atoms with Crippen LogP contribution >= 0.6 is 11.3 Å². The zero-order valence-electron chi connectivity index (χ0n) is 32.8. The Morgan fingerprint density at radius 3 is 1.08 bits per heavy atom. The largest absolute Gasteiger partial charge is 0.496 e. The van der Waals surface area contributed by atoms with Crippen molar-refractivity contribution in [1.29, 1.82) is 0 Å². The summed E-state index contributed by atoms with van der Waals surface area (Å²) in [5.41, 5.74) is 3.56. The van der Waals surface area contributed by atoms with Crippen LogP contribution in [0.3, 0.4) is 0 Å². The van der Waals surface area contributed by atoms with E-state index in [1.165, 1.54) is 0 Å². The molecule has 0 aliphatic carbocycles. The summed E-state index contributed by atoms with van der Waals surface area (Å²) in [6.45, 7) is 14.2. The third kappa shape index (κ3) is 15.0. The first-order chi connectivity index (χ1) is 25.9. The van der Waals surface area contributed by atoms with Gasteiger partial charge in [-0.1, -0.05) is 12.1 Å². The van der Waals surface area contributed by atoms with Crippen molar-refractivity contribution in [3.05, 3.63) is 47.5 Å². The third-order valence-electron chi connectivity index (χ3n) is 7.56. The molecular weight excluding hydrogens is 704 g/mol. The molecule has 0 bridgehead atoms. The van der Waals surface area contributed by atoms with E-state index in [9.17, 15) is 0 Å². The maximum atomic E-state index is 6.38. The summed E-state index contributed by atoms with van der Waals surface area (Å²) >= 11 is 1.60. The van der Waals surface area contributed by atoms with Crippen LogP contribution in [0.5, 0.6) is 23.0 Å². The van der Waals surface area contributed by atoms with E-state index in [0.717, 1.165) is 32.0 Å². The standard InChI is InChI=1S/C40H60O12S/c1-29(2)51-35-13-9-11-33(43-7)37(35)39-31(27-49-25-23-47-21-19-45-17-15-41-5)32(28-50-26-24-48-22-20-46-18-16-42-6)40(53-39)38-34(44-8)12-10-14-36(38)52-30(3)4/h9-14,29-30H,15-28H2,1-8H3. The van der Waals surface area contributed by atoms with Gasteiger partial charge in [0.05, 0.1) is 130 Å². The second-order valence-electron chi connectivity index (χ2n) is 12.3. The van der Waals surface area contributed by atoms with Crippen LogP contribution in [0.4, 0.5) is 0 Å². The monoisotopic (exact) mass is 764 g/mol. The molecule has 1 aromatic heterocycles. The summed E-state index contributed by atoms with van der Waals surface area (Å²) < 4.78 is 70.0. The summed E-state index contributed by atoms with van der Waals surface area (Å²) in [7, 11) is 6.63. The van der Waals surface area contributed by atoms with Gasteiger partial charge in [0.2, 0.25) is 0 Å². The SMILES string of the molecule is COCCOCCOCCOCc1c(-c2c(OC)cccc2OC(C)C)sc(-c2c(OC)cccc2OC(C)C)c1COCCOCCOCCOC. The van der Waals surface area contributed by atoms with Crippen molar-refractivity contribution >= 4 is 11.3 Å². The molecule has 12 nitrogen and oxygen atoms in total. The Labute approximate surface area is 319 Å². The van der Waals surface area contributed by atoms with Gasteiger partial charge in [-0.05, 0) is 52.0 Å². The van der Waals surface area contributed by atoms with Gasteiger partial charge in [-0.2, -0.15) is 0 Å². The van der Waals surface area contributed by atoms with Crippen molar-refractivity contribution < 1.29 is 56.8 Å². The zero-order valence-corrected chi connectivity index (χ0v) is 33.6. The summed E-state index contributed by atoms with van der Waals surface area (Å²) in [6.07, 6.45) is -0.131. The summed E-state index contributed by atoms with van der Waals surface area (Å²) in [4.78, 5) is 1.87. The molecule has 0 saturated carbocycles. The van der Waals surface area contributed by atoms with E-state index in [1.54, 1.807) is 39.8 Å². The number of thiophene rings is 1. The molecule has 0 saturated heterocycles. The van der Waals surface area contributed by atoms with Gasteiger partial charge in [0.15, 0.2) is 0 Å². The van der Waals surface area contributed by atoms with Gasteiger partial charge in [-0.15, -0.1) is 11.3 Å². The van der Waals surface area contributed by atoms with Crippen molar-refractivity contribution in [1.82, 2.24) is 0 Å². The minimum Gasteiger partial charge on any atom is -0.496 e. The molecular formula is C40H60O12S. The van der Waals surface area contributed by atoms with Crippen molar-refractivity contribution in [2.24, 2.45) is 0 Å². The number of ether oxygens (including phenoxy) is 12. The fraction of sp³-hybridized carbons (Fsp3) is 0.600. The molecule has 0 amide bonds. The van der Waals surface area contributed by atoms with Crippen LogP contribution in [-0.2, 0) is 51.1 Å². The van der Waals surface area contributed by atoms with Crippen molar-refractivity contribution in [3.63, 3.8) is 0 Å². The van der Waals surface area contributed by atoms with Gasteiger partial charge >= 0.3 is 0 Å². The number of hydrogen-bond acceptors (Lipinski definition) is 13. The number of methoxy groups -OCH3 is 4. The Hall–Kier alpha value is -2.98. The summed E-state index contributed by atoms with van der Waals surface area (Å²) in [5.74, 6) is 2.78. The summed E-state index contributed by atoms with van der Waals surface area (Å²) in [6, 6.07) is 11.7. The van der Waals surface area contributed by atoms with Gasteiger partial charge in [-0.3, -0.25) is 0 Å². The van der Waals surface area contributed by atoms with E-state index in [-0.39, 0.29) is 25.4 Å². The van der Waals surface area contributed by atoms with Crippen LogP contribution in [0.15, 0.2) is 36.4 Å². The normalized spacial score (nSPS) is 11.5. The van der Waals surface area contributed by atoms with E-state index < -0.39 is 0 Å². The number of benzene rings is 2. The van der Waals surface area contributed by atoms with Gasteiger partial charge in [0, 0.05) is 35.1 Å². The highest BCUT2D eigenvalue weighted by Crippen LogP contribution is 2.52. The van der Waals surface area contributed by atoms with Crippen molar-refractivity contribution in [2.75, 3.05) is 108 Å². The lowest BCUT2D eigenvalue weighted by molar-refractivity contribution is -0.00150. The molecule has 0 aliphatic rings. The highest BCUT2D eigenvalue weighted by atomic mass is 32.1. The Morgan fingerprint density at radius 2 is 0.755 bits per heavy atom. The van der Waals surface area contributed by atoms with E-state index in [1.807, 2.05) is 64.1 Å². The highest BCUT2D eigenvalue weighted by molar-refractivity contribution is 7.19. The third-order valence-corrected chi connectivity index (χ3v) is 8.87. The maximum absolute atomic E-state index is 6.38. The predicted molar refractivity (Wildman–Crippen MR) is 206 cm³/mol. The second kappa shape index (κ2) is 25.9. The Balaban J connectivity index is 2.03. The Morgan fingerprint density at radius 1 is 0.434 bits per heavy atom. The van der Waals surface area contributed by atoms with E-state index in [2.05, 4.69) is 0 Å². The molecule has 0 atom stereocenters. The van der Waals surface area contributed by atoms with Gasteiger partial charge in [0.1, 0.15) is 23.0 Å². The smallest absolute Gasteiger partial charge is 0.132 e.